The van der Waals surface area contributed by atoms with Gasteiger partial charge in [-0.05, 0) is 36.3 Å². The van der Waals surface area contributed by atoms with Gasteiger partial charge >= 0.3 is 0 Å². The lowest BCUT2D eigenvalue weighted by Crippen LogP contribution is -2.08. The Bertz CT molecular complexity index is 1490. The van der Waals surface area contributed by atoms with Crippen molar-refractivity contribution in [2.45, 2.75) is 13.0 Å². The molecule has 0 saturated heterocycles. The summed E-state index contributed by atoms with van der Waals surface area (Å²) in [6, 6.07) is 27.7. The summed E-state index contributed by atoms with van der Waals surface area (Å²) in [7, 11) is 0. The second-order valence-corrected chi connectivity index (χ2v) is 8.13. The number of fused-ring (bicyclic) bond motifs is 1. The van der Waals surface area contributed by atoms with Gasteiger partial charge in [0.05, 0.1) is 5.39 Å². The largest absolute Gasteiger partial charge is 0.437 e. The average molecular weight is 461 g/mol. The van der Waals surface area contributed by atoms with Crippen LogP contribution in [-0.2, 0) is 4.79 Å². The van der Waals surface area contributed by atoms with Gasteiger partial charge in [0.2, 0.25) is 11.6 Å². The first kappa shape index (κ1) is 22.1. The minimum Gasteiger partial charge on any atom is -0.437 e. The van der Waals surface area contributed by atoms with E-state index in [0.29, 0.717) is 23.0 Å². The van der Waals surface area contributed by atoms with E-state index in [1.54, 1.807) is 0 Å². The fourth-order valence-corrected chi connectivity index (χ4v) is 4.09. The summed E-state index contributed by atoms with van der Waals surface area (Å²) in [6.45, 7) is 5.63. The summed E-state index contributed by atoms with van der Waals surface area (Å²) in [5.41, 5.74) is 4.92. The number of carbonyl (C=O) groups excluding carboxylic acids is 1. The highest BCUT2D eigenvalue weighted by atomic mass is 16.3. The molecule has 0 aliphatic rings. The van der Waals surface area contributed by atoms with Gasteiger partial charge in [0, 0.05) is 22.9 Å². The number of nitrogens with one attached hydrogen (secondary N) is 2. The molecule has 172 valence electrons. The Morgan fingerprint density at radius 3 is 2.40 bits per heavy atom. The standard InChI is InChI=1S/C29H24N4O2/c1-3-24(34)33-23-16-10-15-22(17-23)25-26-28(32-19(2)20-11-6-4-7-12-20)30-18-31-29(26)35-27(25)21-13-8-5-9-14-21/h3-19H,1H2,2H3,(H,33,34)(H,30,31,32). The third-order valence-corrected chi connectivity index (χ3v) is 5.78. The van der Waals surface area contributed by atoms with Gasteiger partial charge in [-0.15, -0.1) is 0 Å². The van der Waals surface area contributed by atoms with Crippen LogP contribution in [0.4, 0.5) is 11.5 Å². The van der Waals surface area contributed by atoms with Crippen LogP contribution in [0.3, 0.4) is 0 Å². The Hall–Kier alpha value is -4.71. The first-order valence-corrected chi connectivity index (χ1v) is 11.3. The zero-order valence-corrected chi connectivity index (χ0v) is 19.2. The average Bonchev–Trinajstić information content (AvgIpc) is 3.30. The Balaban J connectivity index is 1.69. The minimum absolute atomic E-state index is 0.00967. The highest BCUT2D eigenvalue weighted by Gasteiger charge is 2.23. The quantitative estimate of drug-likeness (QED) is 0.260. The van der Waals surface area contributed by atoms with Crippen LogP contribution in [0.25, 0.3) is 33.6 Å². The van der Waals surface area contributed by atoms with Crippen LogP contribution in [0.15, 0.2) is 108 Å². The van der Waals surface area contributed by atoms with E-state index in [2.05, 4.69) is 46.2 Å². The maximum Gasteiger partial charge on any atom is 0.247 e. The van der Waals surface area contributed by atoms with Gasteiger partial charge in [0.15, 0.2) is 0 Å². The second-order valence-electron chi connectivity index (χ2n) is 8.13. The van der Waals surface area contributed by atoms with E-state index >= 15 is 0 Å². The summed E-state index contributed by atoms with van der Waals surface area (Å²) in [5.74, 6) is 1.08. The smallest absolute Gasteiger partial charge is 0.247 e. The van der Waals surface area contributed by atoms with Crippen molar-refractivity contribution < 1.29 is 9.21 Å². The number of hydrogen-bond donors (Lipinski definition) is 2. The molecular weight excluding hydrogens is 436 g/mol. The normalized spacial score (nSPS) is 11.7. The molecule has 1 atom stereocenters. The Morgan fingerprint density at radius 2 is 1.66 bits per heavy atom. The van der Waals surface area contributed by atoms with Crippen molar-refractivity contribution in [1.82, 2.24) is 9.97 Å². The second kappa shape index (κ2) is 9.65. The van der Waals surface area contributed by atoms with Gasteiger partial charge < -0.3 is 15.1 Å². The summed E-state index contributed by atoms with van der Waals surface area (Å²) >= 11 is 0. The summed E-state index contributed by atoms with van der Waals surface area (Å²) < 4.78 is 6.32. The maximum atomic E-state index is 11.9. The highest BCUT2D eigenvalue weighted by Crippen LogP contribution is 2.43. The van der Waals surface area contributed by atoms with Crippen molar-refractivity contribution in [2.75, 3.05) is 10.6 Å². The molecule has 1 unspecified atom stereocenters. The predicted molar refractivity (Wildman–Crippen MR) is 140 cm³/mol. The number of aromatic nitrogens is 2. The fraction of sp³-hybridized carbons (Fsp3) is 0.0690. The molecule has 2 heterocycles. The lowest BCUT2D eigenvalue weighted by Gasteiger charge is -2.16. The molecule has 6 heteroatoms. The van der Waals surface area contributed by atoms with Crippen molar-refractivity contribution >= 4 is 28.5 Å². The number of anilines is 2. The van der Waals surface area contributed by atoms with Crippen molar-refractivity contribution in [3.63, 3.8) is 0 Å². The Kier molecular flexibility index (Phi) is 6.09. The molecule has 0 aliphatic carbocycles. The maximum absolute atomic E-state index is 11.9. The molecule has 5 rings (SSSR count). The molecule has 0 radical (unpaired) electrons. The van der Waals surface area contributed by atoms with E-state index in [-0.39, 0.29) is 11.9 Å². The topological polar surface area (TPSA) is 80.1 Å². The molecular formula is C29H24N4O2. The third-order valence-electron chi connectivity index (χ3n) is 5.78. The van der Waals surface area contributed by atoms with Gasteiger partial charge in [0.25, 0.3) is 0 Å². The number of furan rings is 1. The molecule has 1 amide bonds. The number of nitrogens with zero attached hydrogens (tertiary/aromatic N) is 2. The molecule has 0 saturated carbocycles. The molecule has 5 aromatic rings. The van der Waals surface area contributed by atoms with Crippen molar-refractivity contribution in [3.8, 4) is 22.5 Å². The van der Waals surface area contributed by atoms with Crippen molar-refractivity contribution in [3.05, 3.63) is 109 Å². The first-order valence-electron chi connectivity index (χ1n) is 11.3. The van der Waals surface area contributed by atoms with E-state index in [0.717, 1.165) is 27.6 Å². The van der Waals surface area contributed by atoms with Crippen molar-refractivity contribution in [1.29, 1.82) is 0 Å². The van der Waals surface area contributed by atoms with E-state index in [9.17, 15) is 4.79 Å². The van der Waals surface area contributed by atoms with Gasteiger partial charge in [-0.1, -0.05) is 79.4 Å². The van der Waals surface area contributed by atoms with Crippen LogP contribution < -0.4 is 10.6 Å². The fourth-order valence-electron chi connectivity index (χ4n) is 4.09. The summed E-state index contributed by atoms with van der Waals surface area (Å²) in [5, 5.41) is 7.15. The molecule has 0 spiro atoms. The third kappa shape index (κ3) is 4.54. The zero-order chi connectivity index (χ0) is 24.2. The molecule has 0 aliphatic heterocycles. The van der Waals surface area contributed by atoms with Gasteiger partial charge in [-0.25, -0.2) is 9.97 Å². The van der Waals surface area contributed by atoms with E-state index in [1.807, 2.05) is 72.8 Å². The van der Waals surface area contributed by atoms with Gasteiger partial charge in [0.1, 0.15) is 17.9 Å². The number of hydrogen-bond acceptors (Lipinski definition) is 5. The number of amides is 1. The lowest BCUT2D eigenvalue weighted by atomic mass is 9.98. The lowest BCUT2D eigenvalue weighted by molar-refractivity contribution is -0.111. The van der Waals surface area contributed by atoms with Gasteiger partial charge in [-0.2, -0.15) is 0 Å². The molecule has 2 aromatic heterocycles. The van der Waals surface area contributed by atoms with Crippen LogP contribution in [0.2, 0.25) is 0 Å². The monoisotopic (exact) mass is 460 g/mol. The molecule has 2 N–H and O–H groups in total. The van der Waals surface area contributed by atoms with Crippen LogP contribution in [0, 0.1) is 0 Å². The highest BCUT2D eigenvalue weighted by molar-refractivity contribution is 6.07. The molecule has 3 aromatic carbocycles. The summed E-state index contributed by atoms with van der Waals surface area (Å²) in [4.78, 5) is 20.9. The van der Waals surface area contributed by atoms with Gasteiger partial charge in [-0.3, -0.25) is 4.79 Å². The zero-order valence-electron chi connectivity index (χ0n) is 19.2. The molecule has 35 heavy (non-hydrogen) atoms. The molecule has 0 bridgehead atoms. The van der Waals surface area contributed by atoms with Crippen molar-refractivity contribution in [2.24, 2.45) is 0 Å². The predicted octanol–water partition coefficient (Wildman–Crippen LogP) is 6.85. The number of rotatable bonds is 7. The van der Waals surface area contributed by atoms with Crippen LogP contribution in [0.5, 0.6) is 0 Å². The first-order chi connectivity index (χ1) is 17.1. The van der Waals surface area contributed by atoms with Crippen LogP contribution >= 0.6 is 0 Å². The number of benzene rings is 3. The van der Waals surface area contributed by atoms with E-state index < -0.39 is 0 Å². The Morgan fingerprint density at radius 1 is 0.943 bits per heavy atom. The summed E-state index contributed by atoms with van der Waals surface area (Å²) in [6.07, 6.45) is 2.75. The Labute approximate surface area is 203 Å². The molecule has 6 nitrogen and oxygen atoms in total. The van der Waals surface area contributed by atoms with E-state index in [1.165, 1.54) is 12.4 Å². The molecule has 0 fully saturated rings. The minimum atomic E-state index is -0.273. The van der Waals surface area contributed by atoms with E-state index in [4.69, 9.17) is 4.42 Å². The SMILES string of the molecule is C=CC(=O)Nc1cccc(-c2c(-c3ccccc3)oc3ncnc(NC(C)c4ccccc4)c23)c1. The van der Waals surface area contributed by atoms with Crippen LogP contribution in [0.1, 0.15) is 18.5 Å². The number of carbonyl (C=O) groups is 1. The van der Waals surface area contributed by atoms with Crippen LogP contribution in [-0.4, -0.2) is 15.9 Å².